The first-order valence-electron chi connectivity index (χ1n) is 10.8. The minimum Gasteiger partial charge on any atom is -0.369 e. The van der Waals surface area contributed by atoms with E-state index in [-0.39, 0.29) is 6.03 Å². The molecule has 0 unspecified atom stereocenters. The van der Waals surface area contributed by atoms with Crippen LogP contribution in [0.5, 0.6) is 0 Å². The van der Waals surface area contributed by atoms with Crippen molar-refractivity contribution in [2.45, 2.75) is 26.3 Å². The van der Waals surface area contributed by atoms with E-state index in [1.54, 1.807) is 30.6 Å². The van der Waals surface area contributed by atoms with Gasteiger partial charge in [-0.25, -0.2) is 4.79 Å². The molecule has 0 aliphatic carbocycles. The molecule has 0 spiro atoms. The fourth-order valence-electron chi connectivity index (χ4n) is 3.92. The van der Waals surface area contributed by atoms with Gasteiger partial charge in [0.25, 0.3) is 0 Å². The summed E-state index contributed by atoms with van der Waals surface area (Å²) in [5.74, 6) is 0. The number of aromatic nitrogens is 1. The van der Waals surface area contributed by atoms with Gasteiger partial charge in [0.2, 0.25) is 0 Å². The number of carbonyl (C=O) groups is 1. The first-order valence-corrected chi connectivity index (χ1v) is 11.6. The molecule has 0 saturated heterocycles. The lowest BCUT2D eigenvalue weighted by Gasteiger charge is -2.25. The summed E-state index contributed by atoms with van der Waals surface area (Å²) >= 11 is 12.1. The Kier molecular flexibility index (Phi) is 7.18. The van der Waals surface area contributed by atoms with Crippen molar-refractivity contribution in [3.8, 4) is 11.1 Å². The van der Waals surface area contributed by atoms with Crippen LogP contribution in [0.25, 0.3) is 11.1 Å². The molecule has 5 nitrogen and oxygen atoms in total. The Morgan fingerprint density at radius 1 is 1.00 bits per heavy atom. The molecular weight excluding hydrogens is 443 g/mol. The Bertz CT molecular complexity index is 1090. The van der Waals surface area contributed by atoms with Crippen LogP contribution in [0.2, 0.25) is 10.0 Å². The smallest absolute Gasteiger partial charge is 0.322 e. The van der Waals surface area contributed by atoms with Crippen LogP contribution in [-0.4, -0.2) is 35.5 Å². The molecular formula is C25H26Cl2N4O. The molecule has 0 radical (unpaired) electrons. The van der Waals surface area contributed by atoms with Crippen LogP contribution in [0.4, 0.5) is 16.2 Å². The maximum Gasteiger partial charge on any atom is 0.322 e. The van der Waals surface area contributed by atoms with Gasteiger partial charge in [-0.2, -0.15) is 0 Å². The largest absolute Gasteiger partial charge is 0.369 e. The summed E-state index contributed by atoms with van der Waals surface area (Å²) in [5.41, 5.74) is 5.19. The SMILES string of the molecule is CCCCN1CCN(C(=O)Nc2ccc(Cl)c(Cl)c2)Cc2cc(-c3ccncc3)ccc21. The van der Waals surface area contributed by atoms with E-state index >= 15 is 0 Å². The average molecular weight is 469 g/mol. The Morgan fingerprint density at radius 2 is 1.81 bits per heavy atom. The normalized spacial score (nSPS) is 13.5. The quantitative estimate of drug-likeness (QED) is 0.452. The number of rotatable bonds is 5. The molecule has 0 bridgehead atoms. The highest BCUT2D eigenvalue weighted by molar-refractivity contribution is 6.42. The minimum absolute atomic E-state index is 0.152. The van der Waals surface area contributed by atoms with Crippen molar-refractivity contribution in [2.75, 3.05) is 29.9 Å². The van der Waals surface area contributed by atoms with Crippen molar-refractivity contribution in [3.63, 3.8) is 0 Å². The second kappa shape index (κ2) is 10.2. The topological polar surface area (TPSA) is 48.5 Å². The van der Waals surface area contributed by atoms with Gasteiger partial charge in [-0.15, -0.1) is 0 Å². The second-order valence-corrected chi connectivity index (χ2v) is 8.71. The Balaban J connectivity index is 1.61. The van der Waals surface area contributed by atoms with Crippen LogP contribution < -0.4 is 10.2 Å². The Labute approximate surface area is 199 Å². The third-order valence-electron chi connectivity index (χ3n) is 5.67. The third-order valence-corrected chi connectivity index (χ3v) is 6.41. The molecule has 1 aliphatic rings. The number of fused-ring (bicyclic) bond motifs is 1. The number of anilines is 2. The van der Waals surface area contributed by atoms with Gasteiger partial charge < -0.3 is 15.1 Å². The van der Waals surface area contributed by atoms with Gasteiger partial charge in [0.15, 0.2) is 0 Å². The average Bonchev–Trinajstić information content (AvgIpc) is 2.99. The fourth-order valence-corrected chi connectivity index (χ4v) is 4.22. The van der Waals surface area contributed by atoms with Gasteiger partial charge in [0.05, 0.1) is 10.0 Å². The maximum atomic E-state index is 13.1. The van der Waals surface area contributed by atoms with Crippen molar-refractivity contribution in [2.24, 2.45) is 0 Å². The zero-order valence-electron chi connectivity index (χ0n) is 18.0. The number of pyridine rings is 1. The van der Waals surface area contributed by atoms with Gasteiger partial charge in [-0.1, -0.05) is 42.6 Å². The molecule has 2 heterocycles. The van der Waals surface area contributed by atoms with Gasteiger partial charge in [-0.05, 0) is 65.6 Å². The maximum absolute atomic E-state index is 13.1. The summed E-state index contributed by atoms with van der Waals surface area (Å²) < 4.78 is 0. The van der Waals surface area contributed by atoms with E-state index in [4.69, 9.17) is 23.2 Å². The van der Waals surface area contributed by atoms with Gasteiger partial charge in [0, 0.05) is 49.9 Å². The minimum atomic E-state index is -0.152. The van der Waals surface area contributed by atoms with Crippen LogP contribution in [0, 0.1) is 0 Å². The summed E-state index contributed by atoms with van der Waals surface area (Å²) in [4.78, 5) is 21.5. The number of hydrogen-bond donors (Lipinski definition) is 1. The van der Waals surface area contributed by atoms with Crippen molar-refractivity contribution >= 4 is 40.6 Å². The molecule has 1 N–H and O–H groups in total. The van der Waals surface area contributed by atoms with Crippen LogP contribution >= 0.6 is 23.2 Å². The van der Waals surface area contributed by atoms with Crippen LogP contribution in [-0.2, 0) is 6.54 Å². The van der Waals surface area contributed by atoms with E-state index in [1.807, 2.05) is 17.0 Å². The lowest BCUT2D eigenvalue weighted by molar-refractivity contribution is 0.211. The summed E-state index contributed by atoms with van der Waals surface area (Å²) in [6.07, 6.45) is 5.83. The Morgan fingerprint density at radius 3 is 2.56 bits per heavy atom. The van der Waals surface area contributed by atoms with Gasteiger partial charge in [-0.3, -0.25) is 4.98 Å². The van der Waals surface area contributed by atoms with E-state index in [0.717, 1.165) is 42.6 Å². The van der Waals surface area contributed by atoms with Crippen molar-refractivity contribution in [3.05, 3.63) is 76.5 Å². The molecule has 4 rings (SSSR count). The first kappa shape index (κ1) is 22.4. The Hall–Kier alpha value is -2.76. The van der Waals surface area contributed by atoms with Crippen LogP contribution in [0.15, 0.2) is 60.9 Å². The number of hydrogen-bond acceptors (Lipinski definition) is 3. The summed E-state index contributed by atoms with van der Waals surface area (Å²) in [6, 6.07) is 15.5. The molecule has 0 saturated carbocycles. The molecule has 2 amide bonds. The van der Waals surface area contributed by atoms with Crippen molar-refractivity contribution in [1.29, 1.82) is 0 Å². The lowest BCUT2D eigenvalue weighted by Crippen LogP contribution is -2.38. The highest BCUT2D eigenvalue weighted by atomic mass is 35.5. The number of urea groups is 1. The molecule has 3 aromatic rings. The van der Waals surface area contributed by atoms with E-state index < -0.39 is 0 Å². The number of nitrogens with one attached hydrogen (secondary N) is 1. The molecule has 166 valence electrons. The number of benzene rings is 2. The van der Waals surface area contributed by atoms with Gasteiger partial charge >= 0.3 is 6.03 Å². The zero-order valence-corrected chi connectivity index (χ0v) is 19.5. The van der Waals surface area contributed by atoms with E-state index in [0.29, 0.717) is 28.8 Å². The molecule has 0 atom stereocenters. The zero-order chi connectivity index (χ0) is 22.5. The second-order valence-electron chi connectivity index (χ2n) is 7.90. The highest BCUT2D eigenvalue weighted by Crippen LogP contribution is 2.31. The van der Waals surface area contributed by atoms with E-state index in [9.17, 15) is 4.79 Å². The fraction of sp³-hybridized carbons (Fsp3) is 0.280. The molecule has 0 fully saturated rings. The summed E-state index contributed by atoms with van der Waals surface area (Å²) in [5, 5.41) is 3.84. The van der Waals surface area contributed by atoms with Crippen molar-refractivity contribution in [1.82, 2.24) is 9.88 Å². The first-order chi connectivity index (χ1) is 15.5. The van der Waals surface area contributed by atoms with Crippen molar-refractivity contribution < 1.29 is 4.79 Å². The van der Waals surface area contributed by atoms with E-state index in [2.05, 4.69) is 40.3 Å². The predicted molar refractivity (Wildman–Crippen MR) is 133 cm³/mol. The number of amides is 2. The number of unbranched alkanes of at least 4 members (excludes halogenated alkanes) is 1. The molecule has 7 heteroatoms. The summed E-state index contributed by atoms with van der Waals surface area (Å²) in [6.45, 7) is 5.12. The molecule has 32 heavy (non-hydrogen) atoms. The number of halogens is 2. The summed E-state index contributed by atoms with van der Waals surface area (Å²) in [7, 11) is 0. The van der Waals surface area contributed by atoms with Crippen LogP contribution in [0.1, 0.15) is 25.3 Å². The van der Waals surface area contributed by atoms with E-state index in [1.165, 1.54) is 5.69 Å². The number of nitrogens with zero attached hydrogens (tertiary/aromatic N) is 3. The van der Waals surface area contributed by atoms with Gasteiger partial charge in [0.1, 0.15) is 0 Å². The standard InChI is InChI=1S/C25H26Cl2N4O/c1-2-3-12-30-13-14-31(25(32)29-21-5-6-22(26)23(27)16-21)17-20-15-19(4-7-24(20)30)18-8-10-28-11-9-18/h4-11,15-16H,2-3,12-14,17H2,1H3,(H,29,32). The monoisotopic (exact) mass is 468 g/mol. The molecule has 1 aliphatic heterocycles. The molecule has 2 aromatic carbocycles. The highest BCUT2D eigenvalue weighted by Gasteiger charge is 2.23. The predicted octanol–water partition coefficient (Wildman–Crippen LogP) is 6.71. The third kappa shape index (κ3) is 5.17. The molecule has 1 aromatic heterocycles. The number of carbonyl (C=O) groups excluding carboxylic acids is 1. The van der Waals surface area contributed by atoms with Crippen LogP contribution in [0.3, 0.4) is 0 Å². The lowest BCUT2D eigenvalue weighted by atomic mass is 10.0.